The molecule has 0 fully saturated rings. The molecule has 1 amide bonds. The second-order valence-corrected chi connectivity index (χ2v) is 5.03. The van der Waals surface area contributed by atoms with E-state index in [4.69, 9.17) is 12.2 Å². The van der Waals surface area contributed by atoms with Gasteiger partial charge < -0.3 is 5.32 Å². The van der Waals surface area contributed by atoms with Crippen molar-refractivity contribution in [1.29, 1.82) is 0 Å². The molecular weight excluding hydrogens is 328 g/mol. The third-order valence-electron chi connectivity index (χ3n) is 2.30. The van der Waals surface area contributed by atoms with Gasteiger partial charge >= 0.3 is 0 Å². The first-order valence-electron chi connectivity index (χ1n) is 5.43. The zero-order valence-electron chi connectivity index (χ0n) is 10.1. The highest BCUT2D eigenvalue weighted by molar-refractivity contribution is 9.10. The van der Waals surface area contributed by atoms with Crippen molar-refractivity contribution in [2.45, 2.75) is 0 Å². The summed E-state index contributed by atoms with van der Waals surface area (Å²) in [5.74, 6) is -0.342. The second-order valence-electron chi connectivity index (χ2n) is 3.76. The molecule has 0 radical (unpaired) electrons. The molecule has 19 heavy (non-hydrogen) atoms. The van der Waals surface area contributed by atoms with Crippen LogP contribution in [0, 0.1) is 0 Å². The van der Waals surface area contributed by atoms with E-state index >= 15 is 0 Å². The Morgan fingerprint density at radius 1 is 1.37 bits per heavy atom. The number of aryl methyl sites for hydroxylation is 1. The molecule has 0 saturated heterocycles. The van der Waals surface area contributed by atoms with E-state index in [1.807, 2.05) is 24.3 Å². The fraction of sp³-hybridized carbons (Fsp3) is 0.0833. The minimum absolute atomic E-state index is 0.225. The third kappa shape index (κ3) is 3.62. The van der Waals surface area contributed by atoms with Gasteiger partial charge in [0.2, 0.25) is 0 Å². The van der Waals surface area contributed by atoms with E-state index in [9.17, 15) is 4.79 Å². The predicted molar refractivity (Wildman–Crippen MR) is 81.0 cm³/mol. The summed E-state index contributed by atoms with van der Waals surface area (Å²) in [7, 11) is 1.74. The lowest BCUT2D eigenvalue weighted by Gasteiger charge is -2.09. The molecule has 0 bridgehead atoms. The Kier molecular flexibility index (Phi) is 4.28. The molecule has 0 spiro atoms. The lowest BCUT2D eigenvalue weighted by atomic mass is 10.3. The summed E-state index contributed by atoms with van der Waals surface area (Å²) in [6, 6.07) is 9.12. The van der Waals surface area contributed by atoms with Crippen LogP contribution in [0.2, 0.25) is 0 Å². The van der Waals surface area contributed by atoms with Gasteiger partial charge in [0.25, 0.3) is 5.91 Å². The molecule has 1 aromatic heterocycles. The Bertz CT molecular complexity index is 626. The van der Waals surface area contributed by atoms with Gasteiger partial charge in [0.15, 0.2) is 10.8 Å². The van der Waals surface area contributed by atoms with Gasteiger partial charge in [-0.05, 0) is 46.3 Å². The van der Waals surface area contributed by atoms with Crippen LogP contribution in [0.25, 0.3) is 0 Å². The minimum atomic E-state index is -0.342. The highest BCUT2D eigenvalue weighted by Gasteiger charge is 2.11. The van der Waals surface area contributed by atoms with Crippen molar-refractivity contribution in [2.75, 3.05) is 5.32 Å². The summed E-state index contributed by atoms with van der Waals surface area (Å²) < 4.78 is 2.42. The van der Waals surface area contributed by atoms with Crippen molar-refractivity contribution < 1.29 is 4.79 Å². The van der Waals surface area contributed by atoms with Crippen LogP contribution in [0.15, 0.2) is 41.0 Å². The molecule has 0 atom stereocenters. The van der Waals surface area contributed by atoms with Gasteiger partial charge in [0.05, 0.1) is 5.69 Å². The summed E-state index contributed by atoms with van der Waals surface area (Å²) in [5.41, 5.74) is 1.10. The maximum absolute atomic E-state index is 11.8. The SMILES string of the molecule is Cn1ccc(C(=O)NC(=S)Nc2ccccc2Br)n1. The zero-order valence-corrected chi connectivity index (χ0v) is 12.5. The van der Waals surface area contributed by atoms with Crippen LogP contribution in [-0.4, -0.2) is 20.8 Å². The number of hydrogen-bond donors (Lipinski definition) is 2. The fourth-order valence-corrected chi connectivity index (χ4v) is 2.01. The van der Waals surface area contributed by atoms with Gasteiger partial charge in [-0.2, -0.15) is 5.10 Å². The largest absolute Gasteiger partial charge is 0.331 e. The molecule has 5 nitrogen and oxygen atoms in total. The molecule has 0 saturated carbocycles. The van der Waals surface area contributed by atoms with E-state index in [0.717, 1.165) is 10.2 Å². The molecule has 0 aliphatic carbocycles. The van der Waals surface area contributed by atoms with Crippen molar-refractivity contribution in [1.82, 2.24) is 15.1 Å². The summed E-state index contributed by atoms with van der Waals surface area (Å²) in [6.45, 7) is 0. The Morgan fingerprint density at radius 3 is 2.74 bits per heavy atom. The molecule has 0 unspecified atom stereocenters. The van der Waals surface area contributed by atoms with Crippen LogP contribution in [0.4, 0.5) is 5.69 Å². The van der Waals surface area contributed by atoms with E-state index < -0.39 is 0 Å². The molecule has 1 heterocycles. The molecule has 0 aliphatic rings. The number of carbonyl (C=O) groups is 1. The predicted octanol–water partition coefficient (Wildman–Crippen LogP) is 2.31. The monoisotopic (exact) mass is 338 g/mol. The number of para-hydroxylation sites is 1. The van der Waals surface area contributed by atoms with Crippen LogP contribution in [0.3, 0.4) is 0 Å². The van der Waals surface area contributed by atoms with Crippen molar-refractivity contribution in [3.63, 3.8) is 0 Å². The maximum atomic E-state index is 11.8. The van der Waals surface area contributed by atoms with Gasteiger partial charge in [0, 0.05) is 17.7 Å². The number of nitrogens with zero attached hydrogens (tertiary/aromatic N) is 2. The number of rotatable bonds is 2. The number of anilines is 1. The van der Waals surface area contributed by atoms with E-state index in [1.54, 1.807) is 24.0 Å². The van der Waals surface area contributed by atoms with Crippen molar-refractivity contribution >= 4 is 44.9 Å². The highest BCUT2D eigenvalue weighted by Crippen LogP contribution is 2.20. The van der Waals surface area contributed by atoms with Crippen LogP contribution in [0.5, 0.6) is 0 Å². The standard InChI is InChI=1S/C12H11BrN4OS/c1-17-7-6-10(16-17)11(18)15-12(19)14-9-5-3-2-4-8(9)13/h2-7H,1H3,(H2,14,15,18,19). The number of aromatic nitrogens is 2. The smallest absolute Gasteiger partial charge is 0.277 e. The van der Waals surface area contributed by atoms with Crippen LogP contribution in [-0.2, 0) is 7.05 Å². The Balaban J connectivity index is 1.99. The van der Waals surface area contributed by atoms with Gasteiger partial charge in [-0.15, -0.1) is 0 Å². The van der Waals surface area contributed by atoms with Gasteiger partial charge in [-0.3, -0.25) is 14.8 Å². The Labute approximate surface area is 124 Å². The molecule has 2 rings (SSSR count). The summed E-state index contributed by atoms with van der Waals surface area (Å²) in [5, 5.41) is 9.73. The number of carbonyl (C=O) groups excluding carboxylic acids is 1. The van der Waals surface area contributed by atoms with Gasteiger partial charge in [-0.25, -0.2) is 0 Å². The average Bonchev–Trinajstić information content (AvgIpc) is 2.79. The van der Waals surface area contributed by atoms with E-state index in [2.05, 4.69) is 31.7 Å². The normalized spacial score (nSPS) is 10.0. The highest BCUT2D eigenvalue weighted by atomic mass is 79.9. The Morgan fingerprint density at radius 2 is 2.11 bits per heavy atom. The third-order valence-corrected chi connectivity index (χ3v) is 3.19. The zero-order chi connectivity index (χ0) is 13.8. The molecule has 0 aliphatic heterocycles. The number of hydrogen-bond acceptors (Lipinski definition) is 3. The first kappa shape index (κ1) is 13.7. The maximum Gasteiger partial charge on any atom is 0.277 e. The number of amides is 1. The molecule has 98 valence electrons. The van der Waals surface area contributed by atoms with Crippen molar-refractivity contribution in [3.05, 3.63) is 46.7 Å². The van der Waals surface area contributed by atoms with Crippen LogP contribution in [0.1, 0.15) is 10.5 Å². The minimum Gasteiger partial charge on any atom is -0.331 e. The van der Waals surface area contributed by atoms with Crippen LogP contribution >= 0.6 is 28.1 Å². The van der Waals surface area contributed by atoms with Crippen molar-refractivity contribution in [3.8, 4) is 0 Å². The lowest BCUT2D eigenvalue weighted by molar-refractivity contribution is 0.0972. The van der Waals surface area contributed by atoms with Gasteiger partial charge in [-0.1, -0.05) is 12.1 Å². The molecule has 2 aromatic rings. The van der Waals surface area contributed by atoms with Crippen molar-refractivity contribution in [2.24, 2.45) is 7.05 Å². The summed E-state index contributed by atoms with van der Waals surface area (Å²) >= 11 is 8.47. The molecular formula is C12H11BrN4OS. The number of halogens is 1. The second kappa shape index (κ2) is 5.94. The Hall–Kier alpha value is -1.73. The quantitative estimate of drug-likeness (QED) is 0.825. The summed E-state index contributed by atoms with van der Waals surface area (Å²) in [6.07, 6.45) is 1.69. The topological polar surface area (TPSA) is 59.0 Å². The summed E-state index contributed by atoms with van der Waals surface area (Å²) in [4.78, 5) is 11.8. The first-order chi connectivity index (χ1) is 9.06. The number of thiocarbonyl (C=S) groups is 1. The number of benzene rings is 1. The average molecular weight is 339 g/mol. The molecule has 2 N–H and O–H groups in total. The lowest BCUT2D eigenvalue weighted by Crippen LogP contribution is -2.34. The van der Waals surface area contributed by atoms with E-state index in [1.165, 1.54) is 0 Å². The van der Waals surface area contributed by atoms with Gasteiger partial charge in [0.1, 0.15) is 0 Å². The number of nitrogens with one attached hydrogen (secondary N) is 2. The van der Waals surface area contributed by atoms with E-state index in [0.29, 0.717) is 5.69 Å². The van der Waals surface area contributed by atoms with E-state index in [-0.39, 0.29) is 11.0 Å². The van der Waals surface area contributed by atoms with Crippen LogP contribution < -0.4 is 10.6 Å². The fourth-order valence-electron chi connectivity index (χ4n) is 1.42. The molecule has 1 aromatic carbocycles. The first-order valence-corrected chi connectivity index (χ1v) is 6.63. The molecule has 7 heteroatoms.